The van der Waals surface area contributed by atoms with Gasteiger partial charge in [-0.1, -0.05) is 12.1 Å². The molecule has 0 aromatic heterocycles. The Morgan fingerprint density at radius 2 is 1.83 bits per heavy atom. The molecule has 1 atom stereocenters. The standard InChI is InChI=1S/C13H13F3N2O5S/c1-24(22)9-5-3-2-4-8(9)11(20)23-6-10(19)18-12(21)17-7-13(14,15)16/h2-5H,6-7H2,1H3,(H2,17,18,19,21)/t24-/m0/s1. The number of hydrogen-bond donors (Lipinski definition) is 2. The summed E-state index contributed by atoms with van der Waals surface area (Å²) >= 11 is 0. The number of urea groups is 1. The molecule has 0 unspecified atom stereocenters. The van der Waals surface area contributed by atoms with Crippen LogP contribution in [0.15, 0.2) is 29.2 Å². The predicted molar refractivity (Wildman–Crippen MR) is 76.7 cm³/mol. The quantitative estimate of drug-likeness (QED) is 0.756. The van der Waals surface area contributed by atoms with Crippen LogP contribution in [0.5, 0.6) is 0 Å². The van der Waals surface area contributed by atoms with Crippen LogP contribution in [-0.2, 0) is 20.3 Å². The van der Waals surface area contributed by atoms with Crippen molar-refractivity contribution in [3.8, 4) is 0 Å². The largest absolute Gasteiger partial charge is 0.452 e. The lowest BCUT2D eigenvalue weighted by Crippen LogP contribution is -2.44. The van der Waals surface area contributed by atoms with E-state index in [1.807, 2.05) is 0 Å². The van der Waals surface area contributed by atoms with E-state index in [1.165, 1.54) is 29.8 Å². The van der Waals surface area contributed by atoms with Crippen molar-refractivity contribution >= 4 is 28.7 Å². The Hall–Kier alpha value is -2.43. The van der Waals surface area contributed by atoms with Crippen LogP contribution in [0, 0.1) is 0 Å². The number of hydrogen-bond acceptors (Lipinski definition) is 5. The number of benzene rings is 1. The Morgan fingerprint density at radius 1 is 1.21 bits per heavy atom. The van der Waals surface area contributed by atoms with Crippen LogP contribution in [0.25, 0.3) is 0 Å². The lowest BCUT2D eigenvalue weighted by molar-refractivity contribution is -0.125. The first-order valence-corrected chi connectivity index (χ1v) is 7.90. The average molecular weight is 366 g/mol. The second kappa shape index (κ2) is 8.43. The first-order chi connectivity index (χ1) is 11.1. The van der Waals surface area contributed by atoms with E-state index in [0.29, 0.717) is 0 Å². The first-order valence-electron chi connectivity index (χ1n) is 6.34. The average Bonchev–Trinajstić information content (AvgIpc) is 2.50. The van der Waals surface area contributed by atoms with Crippen LogP contribution in [0.3, 0.4) is 0 Å². The molecule has 0 bridgehead atoms. The summed E-state index contributed by atoms with van der Waals surface area (Å²) in [5.41, 5.74) is -0.0207. The maximum atomic E-state index is 11.9. The number of carbonyl (C=O) groups excluding carboxylic acids is 3. The molecule has 0 heterocycles. The summed E-state index contributed by atoms with van der Waals surface area (Å²) in [7, 11) is -1.47. The summed E-state index contributed by atoms with van der Waals surface area (Å²) in [5, 5.41) is 2.99. The van der Waals surface area contributed by atoms with Crippen molar-refractivity contribution < 1.29 is 36.5 Å². The fraction of sp³-hybridized carbons (Fsp3) is 0.308. The Bertz CT molecular complexity index is 663. The summed E-state index contributed by atoms with van der Waals surface area (Å²) < 4.78 is 51.8. The maximum absolute atomic E-state index is 11.9. The monoisotopic (exact) mass is 366 g/mol. The van der Waals surface area contributed by atoms with E-state index in [0.717, 1.165) is 0 Å². The lowest BCUT2D eigenvalue weighted by atomic mass is 10.2. The third-order valence-corrected chi connectivity index (χ3v) is 3.43. The molecule has 0 spiro atoms. The molecule has 1 rings (SSSR count). The van der Waals surface area contributed by atoms with Gasteiger partial charge >= 0.3 is 18.2 Å². The molecule has 0 saturated heterocycles. The topological polar surface area (TPSA) is 102 Å². The van der Waals surface area contributed by atoms with Crippen LogP contribution >= 0.6 is 0 Å². The van der Waals surface area contributed by atoms with Crippen LogP contribution < -0.4 is 10.6 Å². The Balaban J connectivity index is 2.52. The fourth-order valence-electron chi connectivity index (χ4n) is 1.48. The Labute approximate surface area is 137 Å². The zero-order valence-corrected chi connectivity index (χ0v) is 13.1. The maximum Gasteiger partial charge on any atom is 0.405 e. The van der Waals surface area contributed by atoms with E-state index < -0.39 is 48.0 Å². The number of halogens is 3. The number of imide groups is 1. The van der Waals surface area contributed by atoms with Gasteiger partial charge < -0.3 is 10.1 Å². The molecular formula is C13H13F3N2O5S. The highest BCUT2D eigenvalue weighted by Gasteiger charge is 2.28. The fourth-order valence-corrected chi connectivity index (χ4v) is 2.21. The van der Waals surface area contributed by atoms with Crippen LogP contribution in [0.1, 0.15) is 10.4 Å². The molecule has 0 aliphatic heterocycles. The van der Waals surface area contributed by atoms with Gasteiger partial charge in [-0.25, -0.2) is 9.59 Å². The van der Waals surface area contributed by atoms with Crippen molar-refractivity contribution in [3.63, 3.8) is 0 Å². The highest BCUT2D eigenvalue weighted by atomic mass is 32.2. The molecule has 0 radical (unpaired) electrons. The van der Waals surface area contributed by atoms with E-state index in [2.05, 4.69) is 4.74 Å². The van der Waals surface area contributed by atoms with Gasteiger partial charge in [0.1, 0.15) is 6.54 Å². The van der Waals surface area contributed by atoms with Gasteiger partial charge in [0.25, 0.3) is 5.91 Å². The van der Waals surface area contributed by atoms with Crippen molar-refractivity contribution in [3.05, 3.63) is 29.8 Å². The smallest absolute Gasteiger partial charge is 0.405 e. The zero-order valence-electron chi connectivity index (χ0n) is 12.3. The molecule has 0 aliphatic carbocycles. The predicted octanol–water partition coefficient (Wildman–Crippen LogP) is 0.969. The molecule has 7 nitrogen and oxygen atoms in total. The molecule has 24 heavy (non-hydrogen) atoms. The number of amides is 3. The van der Waals surface area contributed by atoms with E-state index in [4.69, 9.17) is 0 Å². The van der Waals surface area contributed by atoms with E-state index in [9.17, 15) is 31.8 Å². The summed E-state index contributed by atoms with van der Waals surface area (Å²) in [6, 6.07) is 4.47. The molecule has 132 valence electrons. The zero-order chi connectivity index (χ0) is 18.3. The molecular weight excluding hydrogens is 353 g/mol. The molecule has 2 N–H and O–H groups in total. The van der Waals surface area contributed by atoms with Gasteiger partial charge in [-0.2, -0.15) is 13.2 Å². The molecule has 0 fully saturated rings. The van der Waals surface area contributed by atoms with Gasteiger partial charge in [0.2, 0.25) is 0 Å². The molecule has 1 aromatic carbocycles. The Morgan fingerprint density at radius 3 is 2.42 bits per heavy atom. The van der Waals surface area contributed by atoms with Gasteiger partial charge in [-0.3, -0.25) is 14.3 Å². The van der Waals surface area contributed by atoms with Gasteiger partial charge in [0, 0.05) is 6.26 Å². The van der Waals surface area contributed by atoms with Crippen molar-refractivity contribution in [1.82, 2.24) is 10.6 Å². The van der Waals surface area contributed by atoms with E-state index >= 15 is 0 Å². The molecule has 0 saturated carbocycles. The van der Waals surface area contributed by atoms with E-state index in [-0.39, 0.29) is 10.5 Å². The molecule has 0 aliphatic rings. The van der Waals surface area contributed by atoms with Crippen molar-refractivity contribution in [1.29, 1.82) is 0 Å². The number of ether oxygens (including phenoxy) is 1. The van der Waals surface area contributed by atoms with Crippen molar-refractivity contribution in [2.45, 2.75) is 11.1 Å². The number of carbonyl (C=O) groups is 3. The number of esters is 1. The number of nitrogens with one attached hydrogen (secondary N) is 2. The third-order valence-electron chi connectivity index (χ3n) is 2.45. The SMILES string of the molecule is C[S@](=O)c1ccccc1C(=O)OCC(=O)NC(=O)NCC(F)(F)F. The van der Waals surface area contributed by atoms with Crippen molar-refractivity contribution in [2.24, 2.45) is 0 Å². The minimum atomic E-state index is -4.62. The van der Waals surface area contributed by atoms with Crippen LogP contribution in [-0.4, -0.2) is 47.7 Å². The lowest BCUT2D eigenvalue weighted by Gasteiger charge is -2.10. The van der Waals surface area contributed by atoms with Gasteiger partial charge in [-0.15, -0.1) is 0 Å². The normalized spacial score (nSPS) is 12.2. The number of rotatable bonds is 5. The molecule has 1 aromatic rings. The summed E-state index contributed by atoms with van der Waals surface area (Å²) in [5.74, 6) is -2.07. The summed E-state index contributed by atoms with van der Waals surface area (Å²) in [4.78, 5) is 34.4. The van der Waals surface area contributed by atoms with E-state index in [1.54, 1.807) is 11.4 Å². The van der Waals surface area contributed by atoms with Gasteiger partial charge in [-0.05, 0) is 12.1 Å². The highest BCUT2D eigenvalue weighted by Crippen LogP contribution is 2.14. The van der Waals surface area contributed by atoms with Gasteiger partial charge in [0.15, 0.2) is 6.61 Å². The number of alkyl halides is 3. The molecule has 11 heteroatoms. The minimum absolute atomic E-state index is 0.0207. The highest BCUT2D eigenvalue weighted by molar-refractivity contribution is 7.84. The van der Waals surface area contributed by atoms with Crippen LogP contribution in [0.4, 0.5) is 18.0 Å². The Kier molecular flexibility index (Phi) is 6.89. The second-order valence-electron chi connectivity index (χ2n) is 4.37. The summed E-state index contributed by atoms with van der Waals surface area (Å²) in [6.07, 6.45) is -3.27. The molecule has 3 amide bonds. The van der Waals surface area contributed by atoms with Gasteiger partial charge in [0.05, 0.1) is 21.3 Å². The van der Waals surface area contributed by atoms with Crippen molar-refractivity contribution in [2.75, 3.05) is 19.4 Å². The second-order valence-corrected chi connectivity index (χ2v) is 5.72. The minimum Gasteiger partial charge on any atom is -0.452 e. The first kappa shape index (κ1) is 19.6. The van der Waals surface area contributed by atoms with Crippen LogP contribution in [0.2, 0.25) is 0 Å². The summed E-state index contributed by atoms with van der Waals surface area (Å²) in [6.45, 7) is -2.50. The third kappa shape index (κ3) is 6.77.